The Bertz CT molecular complexity index is 2000. The van der Waals surface area contributed by atoms with Gasteiger partial charge in [-0.15, -0.1) is 0 Å². The van der Waals surface area contributed by atoms with Crippen LogP contribution in [-0.2, 0) is 0 Å². The average Bonchev–Trinajstić information content (AvgIpc) is 3.35. The van der Waals surface area contributed by atoms with Gasteiger partial charge in [-0.1, -0.05) is 100 Å². The van der Waals surface area contributed by atoms with Crippen molar-refractivity contribution >= 4 is 43.5 Å². The van der Waals surface area contributed by atoms with E-state index in [0.717, 1.165) is 44.3 Å². The molecule has 2 heterocycles. The van der Waals surface area contributed by atoms with E-state index in [1.54, 1.807) is 6.33 Å². The largest absolute Gasteiger partial charge is 0.455 e. The van der Waals surface area contributed by atoms with E-state index in [-0.39, 0.29) is 0 Å². The fourth-order valence-electron chi connectivity index (χ4n) is 6.03. The summed E-state index contributed by atoms with van der Waals surface area (Å²) in [5, 5.41) is 6.97. The van der Waals surface area contributed by atoms with Gasteiger partial charge in [0.15, 0.2) is 0 Å². The van der Waals surface area contributed by atoms with Gasteiger partial charge in [0.2, 0.25) is 0 Å². The second-order valence-corrected chi connectivity index (χ2v) is 11.0. The third-order valence-electron chi connectivity index (χ3n) is 7.94. The van der Waals surface area contributed by atoms with Crippen molar-refractivity contribution in [1.82, 2.24) is 9.97 Å². The van der Waals surface area contributed by atoms with Crippen molar-refractivity contribution in [2.75, 3.05) is 0 Å². The Kier molecular flexibility index (Phi) is 5.48. The molecule has 0 amide bonds. The minimum absolute atomic E-state index is 0.388. The predicted octanol–water partition coefficient (Wildman–Crippen LogP) is 10.3. The third-order valence-corrected chi connectivity index (χ3v) is 7.94. The van der Waals surface area contributed by atoms with Crippen LogP contribution >= 0.6 is 0 Å². The molecule has 0 fully saturated rings. The van der Waals surface area contributed by atoms with Gasteiger partial charge < -0.3 is 4.42 Å². The third kappa shape index (κ3) is 3.72. The molecule has 0 saturated carbocycles. The van der Waals surface area contributed by atoms with Crippen molar-refractivity contribution in [3.8, 4) is 22.5 Å². The summed E-state index contributed by atoms with van der Waals surface area (Å²) in [6, 6.07) is 32.4. The second kappa shape index (κ2) is 9.06. The highest BCUT2D eigenvalue weighted by Crippen LogP contribution is 2.41. The zero-order valence-corrected chi connectivity index (χ0v) is 22.7. The highest BCUT2D eigenvalue weighted by molar-refractivity contribution is 6.23. The molecule has 0 unspecified atom stereocenters. The summed E-state index contributed by atoms with van der Waals surface area (Å²) in [6.07, 6.45) is 1.69. The van der Waals surface area contributed by atoms with Gasteiger partial charge in [-0.2, -0.15) is 0 Å². The first kappa shape index (κ1) is 23.6. The lowest BCUT2D eigenvalue weighted by atomic mass is 9.86. The molecule has 7 rings (SSSR count). The number of hydrogen-bond donors (Lipinski definition) is 0. The first-order valence-electron chi connectivity index (χ1n) is 13.7. The molecule has 0 spiro atoms. The molecular formula is C36H30N2O. The number of para-hydroxylation sites is 1. The van der Waals surface area contributed by atoms with Gasteiger partial charge in [-0.25, -0.2) is 9.97 Å². The summed E-state index contributed by atoms with van der Waals surface area (Å²) < 4.78 is 6.77. The smallest absolute Gasteiger partial charge is 0.144 e. The van der Waals surface area contributed by atoms with Crippen LogP contribution in [0.3, 0.4) is 0 Å². The molecule has 0 radical (unpaired) electrons. The average molecular weight is 507 g/mol. The van der Waals surface area contributed by atoms with Gasteiger partial charge in [0.1, 0.15) is 17.5 Å². The monoisotopic (exact) mass is 506 g/mol. The summed E-state index contributed by atoms with van der Waals surface area (Å²) >= 11 is 0. The van der Waals surface area contributed by atoms with Crippen molar-refractivity contribution in [1.29, 1.82) is 0 Å². The maximum Gasteiger partial charge on any atom is 0.144 e. The zero-order chi connectivity index (χ0) is 26.7. The summed E-state index contributed by atoms with van der Waals surface area (Å²) in [4.78, 5) is 9.52. The Labute approximate surface area is 228 Å². The van der Waals surface area contributed by atoms with E-state index in [2.05, 4.69) is 119 Å². The summed E-state index contributed by atoms with van der Waals surface area (Å²) in [6.45, 7) is 8.98. The number of rotatable bonds is 4. The lowest BCUT2D eigenvalue weighted by Gasteiger charge is -2.19. The van der Waals surface area contributed by atoms with Crippen LogP contribution in [0, 0.1) is 0 Å². The summed E-state index contributed by atoms with van der Waals surface area (Å²) in [5.74, 6) is 0.776. The van der Waals surface area contributed by atoms with Gasteiger partial charge >= 0.3 is 0 Å². The highest BCUT2D eigenvalue weighted by Gasteiger charge is 2.20. The standard InChI is InChI=1S/C36H30N2O/c1-21(2)25-11-7-12-26(22(3)4)34(25)32-19-31(37-20-38-32)30-14-8-13-28-29-18-17-24-16-15-23-9-5-6-10-27(23)33(24)36(29)39-35(28)30/h5-22H,1-4H3. The molecule has 2 aromatic heterocycles. The molecule has 0 aliphatic rings. The number of fused-ring (bicyclic) bond motifs is 7. The highest BCUT2D eigenvalue weighted by atomic mass is 16.3. The maximum atomic E-state index is 6.77. The van der Waals surface area contributed by atoms with Crippen LogP contribution in [0.5, 0.6) is 0 Å². The van der Waals surface area contributed by atoms with Crippen LogP contribution in [0.2, 0.25) is 0 Å². The van der Waals surface area contributed by atoms with Crippen LogP contribution in [0.4, 0.5) is 0 Å². The Hall–Kier alpha value is -4.50. The molecule has 3 nitrogen and oxygen atoms in total. The van der Waals surface area contributed by atoms with Crippen LogP contribution < -0.4 is 0 Å². The minimum atomic E-state index is 0.388. The van der Waals surface area contributed by atoms with Gasteiger partial charge in [0.25, 0.3) is 0 Å². The SMILES string of the molecule is CC(C)c1cccc(C(C)C)c1-c1cc(-c2cccc3c2oc2c3ccc3ccc4ccccc4c32)ncn1. The van der Waals surface area contributed by atoms with Crippen molar-refractivity contribution in [3.63, 3.8) is 0 Å². The normalized spacial score (nSPS) is 12.1. The van der Waals surface area contributed by atoms with Crippen LogP contribution in [0.1, 0.15) is 50.7 Å². The quantitative estimate of drug-likeness (QED) is 0.223. The van der Waals surface area contributed by atoms with E-state index >= 15 is 0 Å². The Balaban J connectivity index is 1.49. The lowest BCUT2D eigenvalue weighted by Crippen LogP contribution is -2.01. The van der Waals surface area contributed by atoms with E-state index in [0.29, 0.717) is 11.8 Å². The van der Waals surface area contributed by atoms with Crippen molar-refractivity contribution in [2.24, 2.45) is 0 Å². The molecule has 5 aromatic carbocycles. The first-order chi connectivity index (χ1) is 19.0. The summed E-state index contributed by atoms with van der Waals surface area (Å²) in [5.41, 5.74) is 8.43. The zero-order valence-electron chi connectivity index (χ0n) is 22.7. The molecule has 0 saturated heterocycles. The molecule has 0 bridgehead atoms. The van der Waals surface area contributed by atoms with E-state index in [1.165, 1.54) is 32.8 Å². The van der Waals surface area contributed by atoms with E-state index < -0.39 is 0 Å². The van der Waals surface area contributed by atoms with Gasteiger partial charge in [-0.05, 0) is 57.3 Å². The minimum Gasteiger partial charge on any atom is -0.455 e. The molecule has 7 aromatic rings. The van der Waals surface area contributed by atoms with Gasteiger partial charge in [0, 0.05) is 27.3 Å². The van der Waals surface area contributed by atoms with E-state index in [4.69, 9.17) is 14.4 Å². The molecular weight excluding hydrogens is 476 g/mol. The number of benzene rings is 5. The molecule has 0 atom stereocenters. The molecule has 0 aliphatic heterocycles. The molecule has 39 heavy (non-hydrogen) atoms. The molecule has 190 valence electrons. The van der Waals surface area contributed by atoms with Crippen molar-refractivity contribution in [3.05, 3.63) is 108 Å². The summed E-state index contributed by atoms with van der Waals surface area (Å²) in [7, 11) is 0. The van der Waals surface area contributed by atoms with E-state index in [1.807, 2.05) is 0 Å². The van der Waals surface area contributed by atoms with Crippen molar-refractivity contribution < 1.29 is 4.42 Å². The Morgan fingerprint density at radius 2 is 1.21 bits per heavy atom. The van der Waals surface area contributed by atoms with Crippen LogP contribution in [0.25, 0.3) is 66.0 Å². The Morgan fingerprint density at radius 1 is 0.564 bits per heavy atom. The number of nitrogens with zero attached hydrogens (tertiary/aromatic N) is 2. The number of aromatic nitrogens is 2. The molecule has 0 aliphatic carbocycles. The fourth-order valence-corrected chi connectivity index (χ4v) is 6.03. The topological polar surface area (TPSA) is 38.9 Å². The molecule has 3 heteroatoms. The van der Waals surface area contributed by atoms with Crippen LogP contribution in [0.15, 0.2) is 102 Å². The predicted molar refractivity (Wildman–Crippen MR) is 163 cm³/mol. The van der Waals surface area contributed by atoms with E-state index in [9.17, 15) is 0 Å². The fraction of sp³-hybridized carbons (Fsp3) is 0.167. The Morgan fingerprint density at radius 3 is 2.00 bits per heavy atom. The lowest BCUT2D eigenvalue weighted by molar-refractivity contribution is 0.674. The van der Waals surface area contributed by atoms with Crippen LogP contribution in [-0.4, -0.2) is 9.97 Å². The van der Waals surface area contributed by atoms with Crippen molar-refractivity contribution in [2.45, 2.75) is 39.5 Å². The second-order valence-electron chi connectivity index (χ2n) is 11.0. The van der Waals surface area contributed by atoms with Gasteiger partial charge in [0.05, 0.1) is 11.4 Å². The molecule has 0 N–H and O–H groups in total. The number of hydrogen-bond acceptors (Lipinski definition) is 3. The van der Waals surface area contributed by atoms with Gasteiger partial charge in [-0.3, -0.25) is 0 Å². The maximum absolute atomic E-state index is 6.77. The number of furan rings is 1. The first-order valence-corrected chi connectivity index (χ1v) is 13.7.